The van der Waals surface area contributed by atoms with E-state index in [4.69, 9.17) is 11.6 Å². The Morgan fingerprint density at radius 1 is 1.38 bits per heavy atom. The minimum Gasteiger partial charge on any atom is -0.207 e. The standard InChI is InChI=1S/C13H15ClF3NO2S/c1-4-18(8-9(2)3)21(19,20)12-6-5-10(14)7-11(12)13(15,16)17/h5-7H,2,4,8H2,1,3H3. The van der Waals surface area contributed by atoms with Crippen LogP contribution in [0.25, 0.3) is 0 Å². The van der Waals surface area contributed by atoms with E-state index in [1.54, 1.807) is 13.8 Å². The first-order valence-electron chi connectivity index (χ1n) is 6.01. The van der Waals surface area contributed by atoms with Crippen molar-refractivity contribution in [1.29, 1.82) is 0 Å². The highest BCUT2D eigenvalue weighted by molar-refractivity contribution is 7.89. The van der Waals surface area contributed by atoms with E-state index in [-0.39, 0.29) is 18.1 Å². The lowest BCUT2D eigenvalue weighted by atomic mass is 10.2. The third-order valence-electron chi connectivity index (χ3n) is 2.66. The van der Waals surface area contributed by atoms with E-state index in [0.29, 0.717) is 11.6 Å². The van der Waals surface area contributed by atoms with Crippen molar-refractivity contribution in [2.45, 2.75) is 24.9 Å². The maximum Gasteiger partial charge on any atom is 0.417 e. The lowest BCUT2D eigenvalue weighted by Gasteiger charge is -2.23. The van der Waals surface area contributed by atoms with Crippen molar-refractivity contribution in [3.8, 4) is 0 Å². The number of rotatable bonds is 5. The molecule has 0 heterocycles. The SMILES string of the molecule is C=C(C)CN(CC)S(=O)(=O)c1ccc(Cl)cc1C(F)(F)F. The number of hydrogen-bond acceptors (Lipinski definition) is 2. The fourth-order valence-corrected chi connectivity index (χ4v) is 3.63. The van der Waals surface area contributed by atoms with E-state index in [0.717, 1.165) is 16.4 Å². The second-order valence-corrected chi connectivity index (χ2v) is 6.87. The molecule has 0 saturated carbocycles. The first-order chi connectivity index (χ1) is 9.50. The van der Waals surface area contributed by atoms with Gasteiger partial charge in [0.05, 0.1) is 10.5 Å². The molecular weight excluding hydrogens is 327 g/mol. The quantitative estimate of drug-likeness (QED) is 0.761. The number of alkyl halides is 3. The summed E-state index contributed by atoms with van der Waals surface area (Å²) in [6, 6.07) is 2.61. The molecule has 0 aromatic heterocycles. The van der Waals surface area contributed by atoms with Crippen LogP contribution in [-0.2, 0) is 16.2 Å². The van der Waals surface area contributed by atoms with Crippen molar-refractivity contribution in [2.75, 3.05) is 13.1 Å². The van der Waals surface area contributed by atoms with Crippen molar-refractivity contribution in [2.24, 2.45) is 0 Å². The van der Waals surface area contributed by atoms with Crippen molar-refractivity contribution in [3.63, 3.8) is 0 Å². The first-order valence-corrected chi connectivity index (χ1v) is 7.83. The lowest BCUT2D eigenvalue weighted by molar-refractivity contribution is -0.139. The monoisotopic (exact) mass is 341 g/mol. The summed E-state index contributed by atoms with van der Waals surface area (Å²) in [6.45, 7) is 6.73. The summed E-state index contributed by atoms with van der Waals surface area (Å²) in [7, 11) is -4.28. The maximum atomic E-state index is 13.0. The molecule has 0 spiro atoms. The number of hydrogen-bond donors (Lipinski definition) is 0. The molecule has 118 valence electrons. The Morgan fingerprint density at radius 3 is 2.38 bits per heavy atom. The molecular formula is C13H15ClF3NO2S. The molecule has 0 aliphatic carbocycles. The van der Waals surface area contributed by atoms with Crippen LogP contribution in [0.5, 0.6) is 0 Å². The molecule has 0 amide bonds. The maximum absolute atomic E-state index is 13.0. The minimum absolute atomic E-state index is 0.0368. The topological polar surface area (TPSA) is 37.4 Å². The van der Waals surface area contributed by atoms with Crippen LogP contribution < -0.4 is 0 Å². The molecule has 1 aromatic carbocycles. The highest BCUT2D eigenvalue weighted by atomic mass is 35.5. The fraction of sp³-hybridized carbons (Fsp3) is 0.385. The van der Waals surface area contributed by atoms with E-state index < -0.39 is 26.7 Å². The van der Waals surface area contributed by atoms with Crippen LogP contribution in [0.1, 0.15) is 19.4 Å². The molecule has 0 unspecified atom stereocenters. The largest absolute Gasteiger partial charge is 0.417 e. The molecule has 0 atom stereocenters. The lowest BCUT2D eigenvalue weighted by Crippen LogP contribution is -2.33. The van der Waals surface area contributed by atoms with E-state index in [2.05, 4.69) is 6.58 Å². The average molecular weight is 342 g/mol. The summed E-state index contributed by atoms with van der Waals surface area (Å²) in [6.07, 6.45) is -4.81. The van der Waals surface area contributed by atoms with Gasteiger partial charge in [-0.1, -0.05) is 30.7 Å². The molecule has 3 nitrogen and oxygen atoms in total. The van der Waals surface area contributed by atoms with Crippen molar-refractivity contribution in [3.05, 3.63) is 40.9 Å². The van der Waals surface area contributed by atoms with E-state index in [1.165, 1.54) is 0 Å². The van der Waals surface area contributed by atoms with Gasteiger partial charge in [0, 0.05) is 18.1 Å². The smallest absolute Gasteiger partial charge is 0.207 e. The van der Waals surface area contributed by atoms with Gasteiger partial charge in [0.15, 0.2) is 0 Å². The van der Waals surface area contributed by atoms with Gasteiger partial charge in [-0.15, -0.1) is 0 Å². The van der Waals surface area contributed by atoms with Gasteiger partial charge in [0.2, 0.25) is 10.0 Å². The molecule has 0 fully saturated rings. The summed E-state index contributed by atoms with van der Waals surface area (Å²) in [5.74, 6) is 0. The second kappa shape index (κ2) is 6.37. The summed E-state index contributed by atoms with van der Waals surface area (Å²) in [4.78, 5) is -0.803. The van der Waals surface area contributed by atoms with Gasteiger partial charge in [0.25, 0.3) is 0 Å². The van der Waals surface area contributed by atoms with Crippen molar-refractivity contribution < 1.29 is 21.6 Å². The summed E-state index contributed by atoms with van der Waals surface area (Å²) in [5, 5.41) is -0.177. The van der Waals surface area contributed by atoms with Crippen LogP contribution >= 0.6 is 11.6 Å². The Bertz CT molecular complexity index is 641. The Balaban J connectivity index is 3.47. The predicted molar refractivity (Wildman–Crippen MR) is 75.7 cm³/mol. The molecule has 0 aliphatic heterocycles. The minimum atomic E-state index is -4.81. The van der Waals surface area contributed by atoms with Gasteiger partial charge in [0.1, 0.15) is 0 Å². The van der Waals surface area contributed by atoms with Gasteiger partial charge in [-0.3, -0.25) is 0 Å². The number of sulfonamides is 1. The summed E-state index contributed by atoms with van der Waals surface area (Å²) < 4.78 is 64.9. The summed E-state index contributed by atoms with van der Waals surface area (Å²) >= 11 is 5.55. The molecule has 1 aromatic rings. The van der Waals surface area contributed by atoms with Crippen LogP contribution in [0.2, 0.25) is 5.02 Å². The molecule has 21 heavy (non-hydrogen) atoms. The number of nitrogens with zero attached hydrogens (tertiary/aromatic N) is 1. The van der Waals surface area contributed by atoms with E-state index in [1.807, 2.05) is 0 Å². The van der Waals surface area contributed by atoms with Crippen molar-refractivity contribution >= 4 is 21.6 Å². The Hall–Kier alpha value is -1.05. The van der Waals surface area contributed by atoms with Crippen LogP contribution in [0.15, 0.2) is 35.2 Å². The van der Waals surface area contributed by atoms with Crippen LogP contribution in [0.3, 0.4) is 0 Å². The number of likely N-dealkylation sites (N-methyl/N-ethyl adjacent to an activating group) is 1. The zero-order valence-corrected chi connectivity index (χ0v) is 13.1. The van der Waals surface area contributed by atoms with Gasteiger partial charge < -0.3 is 0 Å². The van der Waals surface area contributed by atoms with Gasteiger partial charge in [-0.25, -0.2) is 8.42 Å². The van der Waals surface area contributed by atoms with Gasteiger partial charge in [-0.05, 0) is 25.1 Å². The zero-order chi connectivity index (χ0) is 16.4. The summed E-state index contributed by atoms with van der Waals surface area (Å²) in [5.41, 5.74) is -0.738. The fourth-order valence-electron chi connectivity index (χ4n) is 1.76. The normalized spacial score (nSPS) is 12.7. The Kier molecular flexibility index (Phi) is 5.46. The van der Waals surface area contributed by atoms with Crippen LogP contribution in [0, 0.1) is 0 Å². The molecule has 0 N–H and O–H groups in total. The first kappa shape index (κ1) is 18.0. The van der Waals surface area contributed by atoms with Gasteiger partial charge in [-0.2, -0.15) is 17.5 Å². The molecule has 0 saturated heterocycles. The molecule has 8 heteroatoms. The van der Waals surface area contributed by atoms with Crippen molar-refractivity contribution in [1.82, 2.24) is 4.31 Å². The highest BCUT2D eigenvalue weighted by Crippen LogP contribution is 2.36. The van der Waals surface area contributed by atoms with Crippen LogP contribution in [0.4, 0.5) is 13.2 Å². The number of halogens is 4. The van der Waals surface area contributed by atoms with Gasteiger partial charge >= 0.3 is 6.18 Å². The molecule has 0 radical (unpaired) electrons. The molecule has 0 aliphatic rings. The predicted octanol–water partition coefficient (Wildman–Crippen LogP) is 3.95. The zero-order valence-electron chi connectivity index (χ0n) is 11.5. The number of benzene rings is 1. The Morgan fingerprint density at radius 2 is 1.95 bits per heavy atom. The third kappa shape index (κ3) is 4.21. The molecule has 0 bridgehead atoms. The third-order valence-corrected chi connectivity index (χ3v) is 4.88. The molecule has 1 rings (SSSR count). The average Bonchev–Trinajstić information content (AvgIpc) is 2.34. The van der Waals surface area contributed by atoms with E-state index >= 15 is 0 Å². The Labute approximate surface area is 127 Å². The second-order valence-electron chi connectivity index (χ2n) is 4.53. The van der Waals surface area contributed by atoms with E-state index in [9.17, 15) is 21.6 Å². The highest BCUT2D eigenvalue weighted by Gasteiger charge is 2.39. The van der Waals surface area contributed by atoms with Crippen LogP contribution in [-0.4, -0.2) is 25.8 Å².